The van der Waals surface area contributed by atoms with E-state index in [1.165, 1.54) is 0 Å². The van der Waals surface area contributed by atoms with Gasteiger partial charge >= 0.3 is 0 Å². The zero-order valence-corrected chi connectivity index (χ0v) is 19.5. The minimum atomic E-state index is -1.61. The zero-order valence-electron chi connectivity index (χ0n) is 19.5. The van der Waals surface area contributed by atoms with E-state index in [1.807, 2.05) is 48.5 Å². The molecule has 174 valence electrons. The number of aliphatic hydroxyl groups is 1. The summed E-state index contributed by atoms with van der Waals surface area (Å²) in [6.07, 6.45) is 4.91. The summed E-state index contributed by atoms with van der Waals surface area (Å²) in [4.78, 5) is 8.98. The van der Waals surface area contributed by atoms with Crippen LogP contribution in [0.15, 0.2) is 95.8 Å². The summed E-state index contributed by atoms with van der Waals surface area (Å²) in [5, 5.41) is 23.1. The summed E-state index contributed by atoms with van der Waals surface area (Å²) in [5.74, 6) is 1.34. The number of hydrogen-bond acceptors (Lipinski definition) is 6. The number of nitrogens with zero attached hydrogens (tertiary/aromatic N) is 3. The summed E-state index contributed by atoms with van der Waals surface area (Å²) in [5.41, 5.74) is 4.35. The number of nitriles is 1. The van der Waals surface area contributed by atoms with Gasteiger partial charge in [-0.15, -0.1) is 0 Å². The van der Waals surface area contributed by atoms with Crippen molar-refractivity contribution in [1.29, 1.82) is 5.26 Å². The van der Waals surface area contributed by atoms with Crippen LogP contribution in [0.2, 0.25) is 0 Å². The molecule has 0 spiro atoms. The van der Waals surface area contributed by atoms with Crippen LogP contribution in [-0.4, -0.2) is 23.4 Å². The number of pyridine rings is 1. The fraction of sp³-hybridized carbons (Fsp3) is 0.100. The largest absolute Gasteiger partial charge is 0.497 e. The molecule has 2 aliphatic rings. The Hall–Kier alpha value is -4.73. The summed E-state index contributed by atoms with van der Waals surface area (Å²) in [6, 6.07) is 21.0. The third-order valence-corrected chi connectivity index (χ3v) is 6.78. The van der Waals surface area contributed by atoms with E-state index in [1.54, 1.807) is 37.9 Å². The van der Waals surface area contributed by atoms with Crippen molar-refractivity contribution < 1.29 is 14.6 Å². The van der Waals surface area contributed by atoms with Crippen molar-refractivity contribution in [2.75, 3.05) is 7.11 Å². The molecule has 36 heavy (non-hydrogen) atoms. The number of benzene rings is 3. The molecule has 3 heterocycles. The van der Waals surface area contributed by atoms with Crippen LogP contribution in [0.1, 0.15) is 22.3 Å². The Balaban J connectivity index is 1.72. The summed E-state index contributed by atoms with van der Waals surface area (Å²) >= 11 is 0. The first-order chi connectivity index (χ1) is 17.5. The monoisotopic (exact) mass is 471 g/mol. The van der Waals surface area contributed by atoms with E-state index in [-0.39, 0.29) is 6.61 Å². The summed E-state index contributed by atoms with van der Waals surface area (Å²) in [6.45, 7) is 4.26. The Kier molecular flexibility index (Phi) is 4.96. The molecule has 4 aromatic rings. The molecule has 0 saturated carbocycles. The average Bonchev–Trinajstić information content (AvgIpc) is 3.36. The van der Waals surface area contributed by atoms with Crippen LogP contribution in [-0.2, 0) is 12.2 Å². The lowest BCUT2D eigenvalue weighted by molar-refractivity contribution is 0.124. The van der Waals surface area contributed by atoms with E-state index in [0.717, 1.165) is 22.0 Å². The van der Waals surface area contributed by atoms with Gasteiger partial charge in [0.15, 0.2) is 0 Å². The van der Waals surface area contributed by atoms with Crippen LogP contribution >= 0.6 is 0 Å². The molecular weight excluding hydrogens is 450 g/mol. The highest BCUT2D eigenvalue weighted by atomic mass is 16.5. The molecule has 0 aliphatic carbocycles. The first-order valence-electron chi connectivity index (χ1n) is 11.4. The van der Waals surface area contributed by atoms with Gasteiger partial charge < -0.3 is 14.6 Å². The molecule has 6 heteroatoms. The lowest BCUT2D eigenvalue weighted by Crippen LogP contribution is -2.31. The number of aliphatic imine (C=N–C) groups is 1. The van der Waals surface area contributed by atoms with E-state index < -0.39 is 5.60 Å². The SMILES string of the molecule is C=C1C=NC=C1C1(O)c2ccc(C#N)c(c2)COc2cccc(c2)-c2cc(OC)cc3ncc1cc23. The lowest BCUT2D eigenvalue weighted by atomic mass is 9.77. The highest BCUT2D eigenvalue weighted by Gasteiger charge is 2.39. The van der Waals surface area contributed by atoms with Crippen molar-refractivity contribution in [3.05, 3.63) is 113 Å². The average molecular weight is 472 g/mol. The topological polar surface area (TPSA) is 87.7 Å². The molecular formula is C30H21N3O3. The van der Waals surface area contributed by atoms with Crippen molar-refractivity contribution in [3.63, 3.8) is 0 Å². The number of ether oxygens (including phenoxy) is 2. The van der Waals surface area contributed by atoms with Gasteiger partial charge in [0.1, 0.15) is 23.7 Å². The Morgan fingerprint density at radius 3 is 2.78 bits per heavy atom. The van der Waals surface area contributed by atoms with Gasteiger partial charge in [0.25, 0.3) is 0 Å². The molecule has 0 amide bonds. The summed E-state index contributed by atoms with van der Waals surface area (Å²) in [7, 11) is 1.62. The van der Waals surface area contributed by atoms with Gasteiger partial charge in [-0.05, 0) is 58.7 Å². The maximum atomic E-state index is 12.5. The molecule has 2 aliphatic heterocycles. The third kappa shape index (κ3) is 3.29. The van der Waals surface area contributed by atoms with Gasteiger partial charge in [0.2, 0.25) is 0 Å². The molecule has 0 saturated heterocycles. The van der Waals surface area contributed by atoms with Gasteiger partial charge in [0.05, 0.1) is 24.3 Å². The quantitative estimate of drug-likeness (QED) is 0.421. The highest BCUT2D eigenvalue weighted by molar-refractivity contribution is 5.97. The van der Waals surface area contributed by atoms with Crippen LogP contribution < -0.4 is 9.47 Å². The van der Waals surface area contributed by atoms with E-state index in [0.29, 0.717) is 44.9 Å². The van der Waals surface area contributed by atoms with Crippen LogP contribution in [0.5, 0.6) is 11.5 Å². The minimum Gasteiger partial charge on any atom is -0.497 e. The normalized spacial score (nSPS) is 18.0. The zero-order chi connectivity index (χ0) is 24.9. The van der Waals surface area contributed by atoms with Crippen LogP contribution in [0, 0.1) is 11.3 Å². The Morgan fingerprint density at radius 1 is 1.11 bits per heavy atom. The van der Waals surface area contributed by atoms with E-state index in [4.69, 9.17) is 14.5 Å². The molecule has 1 N–H and O–H groups in total. The molecule has 1 aromatic heterocycles. The smallest absolute Gasteiger partial charge is 0.144 e. The molecule has 3 aromatic carbocycles. The van der Waals surface area contributed by atoms with Crippen molar-refractivity contribution in [1.82, 2.24) is 4.98 Å². The van der Waals surface area contributed by atoms with Crippen LogP contribution in [0.3, 0.4) is 0 Å². The molecule has 6 bridgehead atoms. The summed E-state index contributed by atoms with van der Waals surface area (Å²) < 4.78 is 11.7. The van der Waals surface area contributed by atoms with E-state index in [9.17, 15) is 10.4 Å². The lowest BCUT2D eigenvalue weighted by Gasteiger charge is -2.31. The van der Waals surface area contributed by atoms with Gasteiger partial charge in [0, 0.05) is 46.8 Å². The number of aromatic nitrogens is 1. The van der Waals surface area contributed by atoms with Gasteiger partial charge in [-0.1, -0.05) is 24.8 Å². The Bertz CT molecular complexity index is 1680. The molecule has 0 radical (unpaired) electrons. The van der Waals surface area contributed by atoms with E-state index >= 15 is 0 Å². The molecule has 1 atom stereocenters. The molecule has 0 fully saturated rings. The first kappa shape index (κ1) is 21.8. The van der Waals surface area contributed by atoms with Gasteiger partial charge in [-0.2, -0.15) is 5.26 Å². The highest BCUT2D eigenvalue weighted by Crippen LogP contribution is 2.44. The van der Waals surface area contributed by atoms with Crippen molar-refractivity contribution in [2.24, 2.45) is 4.99 Å². The maximum Gasteiger partial charge on any atom is 0.144 e. The minimum absolute atomic E-state index is 0.163. The second kappa shape index (κ2) is 8.19. The van der Waals surface area contributed by atoms with E-state index in [2.05, 4.69) is 17.6 Å². The fourth-order valence-corrected chi connectivity index (χ4v) is 4.88. The van der Waals surface area contributed by atoms with Crippen molar-refractivity contribution in [2.45, 2.75) is 12.2 Å². The van der Waals surface area contributed by atoms with Crippen LogP contribution in [0.4, 0.5) is 0 Å². The predicted octanol–water partition coefficient (Wildman–Crippen LogP) is 5.43. The third-order valence-electron chi connectivity index (χ3n) is 6.78. The van der Waals surface area contributed by atoms with Gasteiger partial charge in [-0.25, -0.2) is 0 Å². The predicted molar refractivity (Wildman–Crippen MR) is 138 cm³/mol. The van der Waals surface area contributed by atoms with Gasteiger partial charge in [-0.3, -0.25) is 9.98 Å². The number of methoxy groups -OCH3 is 1. The first-order valence-corrected chi connectivity index (χ1v) is 11.4. The maximum absolute atomic E-state index is 12.5. The number of fused-ring (bicyclic) bond motifs is 6. The molecule has 1 unspecified atom stereocenters. The molecule has 6 rings (SSSR count). The fourth-order valence-electron chi connectivity index (χ4n) is 4.88. The number of hydrogen-bond donors (Lipinski definition) is 1. The second-order valence-corrected chi connectivity index (χ2v) is 8.82. The molecule has 6 nitrogen and oxygen atoms in total. The standard InChI is InChI=1S/C30H21N3O3/c1-18-14-32-16-28(18)30(34)22-7-6-20(13-31)21(8-22)17-36-24-5-3-4-19(9-24)26-11-25(35-2)12-29-27(26)10-23(30)15-33-29/h3-12,14-16,34H,1,17H2,2H3. The van der Waals surface area contributed by atoms with Crippen molar-refractivity contribution >= 4 is 17.1 Å². The Morgan fingerprint density at radius 2 is 2.00 bits per heavy atom. The van der Waals surface area contributed by atoms with Crippen molar-refractivity contribution in [3.8, 4) is 28.7 Å². The Labute approximate surface area is 208 Å². The van der Waals surface area contributed by atoms with Crippen LogP contribution in [0.25, 0.3) is 22.0 Å². The number of rotatable bonds is 2. The second-order valence-electron chi connectivity index (χ2n) is 8.82.